The zero-order chi connectivity index (χ0) is 14.2. The minimum absolute atomic E-state index is 0.0108. The van der Waals surface area contributed by atoms with Gasteiger partial charge >= 0.3 is 6.18 Å². The Morgan fingerprint density at radius 3 is 2.00 bits per heavy atom. The van der Waals surface area contributed by atoms with Gasteiger partial charge in [-0.25, -0.2) is 4.39 Å². The molecule has 2 rings (SSSR count). The second-order valence-electron chi connectivity index (χ2n) is 3.39. The summed E-state index contributed by atoms with van der Waals surface area (Å²) in [5, 5.41) is -0.481. The molecule has 0 unspecified atom stereocenters. The van der Waals surface area contributed by atoms with Gasteiger partial charge in [-0.1, -0.05) is 6.07 Å². The van der Waals surface area contributed by atoms with Crippen molar-refractivity contribution in [2.75, 3.05) is 0 Å². The van der Waals surface area contributed by atoms with Crippen molar-refractivity contribution in [2.24, 2.45) is 0 Å². The van der Waals surface area contributed by atoms with Crippen molar-refractivity contribution in [3.63, 3.8) is 0 Å². The van der Waals surface area contributed by atoms with Crippen LogP contribution in [0.25, 0.3) is 11.4 Å². The summed E-state index contributed by atoms with van der Waals surface area (Å²) in [4.78, 5) is 10.8. The van der Waals surface area contributed by atoms with Crippen LogP contribution in [0.2, 0.25) is 10.6 Å². The summed E-state index contributed by atoms with van der Waals surface area (Å²) in [6.45, 7) is 0. The predicted octanol–water partition coefficient (Wildman–Crippen LogP) is 4.00. The molecule has 100 valence electrons. The van der Waals surface area contributed by atoms with E-state index in [1.165, 1.54) is 0 Å². The Kier molecular flexibility index (Phi) is 3.60. The fourth-order valence-corrected chi connectivity index (χ4v) is 1.70. The molecule has 0 atom stereocenters. The number of alkyl halides is 3. The van der Waals surface area contributed by atoms with E-state index in [0.29, 0.717) is 12.1 Å². The van der Waals surface area contributed by atoms with Crippen LogP contribution in [0, 0.1) is 5.82 Å². The lowest BCUT2D eigenvalue weighted by Crippen LogP contribution is -2.08. The fourth-order valence-electron chi connectivity index (χ4n) is 1.34. The normalized spacial score (nSPS) is 11.7. The Morgan fingerprint density at radius 2 is 1.53 bits per heavy atom. The Balaban J connectivity index is 2.50. The van der Waals surface area contributed by atoms with Crippen LogP contribution in [-0.4, -0.2) is 15.0 Å². The van der Waals surface area contributed by atoms with Gasteiger partial charge in [0.1, 0.15) is 5.82 Å². The molecule has 0 saturated carbocycles. The SMILES string of the molecule is Fc1cc(-c2nc(Cl)nc(Cl)n2)ccc1C(F)(F)F. The maximum Gasteiger partial charge on any atom is 0.419 e. The third-order valence-corrected chi connectivity index (χ3v) is 2.45. The van der Waals surface area contributed by atoms with E-state index in [2.05, 4.69) is 15.0 Å². The van der Waals surface area contributed by atoms with Gasteiger partial charge in [-0.05, 0) is 35.3 Å². The van der Waals surface area contributed by atoms with Crippen molar-refractivity contribution in [1.82, 2.24) is 15.0 Å². The van der Waals surface area contributed by atoms with Crippen molar-refractivity contribution in [3.8, 4) is 11.4 Å². The molecule has 0 radical (unpaired) electrons. The van der Waals surface area contributed by atoms with Crippen molar-refractivity contribution in [3.05, 3.63) is 40.1 Å². The first-order valence-corrected chi connectivity index (χ1v) is 5.47. The number of aromatic nitrogens is 3. The molecule has 0 spiro atoms. The summed E-state index contributed by atoms with van der Waals surface area (Å²) in [7, 11) is 0. The predicted molar refractivity (Wildman–Crippen MR) is 60.2 cm³/mol. The minimum atomic E-state index is -4.77. The van der Waals surface area contributed by atoms with Crippen LogP contribution < -0.4 is 0 Å². The number of benzene rings is 1. The molecule has 1 aromatic heterocycles. The average molecular weight is 312 g/mol. The van der Waals surface area contributed by atoms with Crippen LogP contribution in [0.3, 0.4) is 0 Å². The van der Waals surface area contributed by atoms with E-state index in [0.717, 1.165) is 6.07 Å². The maximum absolute atomic E-state index is 13.4. The second kappa shape index (κ2) is 4.90. The van der Waals surface area contributed by atoms with E-state index in [1.807, 2.05) is 0 Å². The first-order valence-electron chi connectivity index (χ1n) is 4.71. The van der Waals surface area contributed by atoms with Crippen molar-refractivity contribution >= 4 is 23.2 Å². The topological polar surface area (TPSA) is 38.7 Å². The molecule has 9 heteroatoms. The molecule has 3 nitrogen and oxygen atoms in total. The minimum Gasteiger partial charge on any atom is -0.206 e. The van der Waals surface area contributed by atoms with Gasteiger partial charge in [-0.15, -0.1) is 0 Å². The number of halogens is 6. The quantitative estimate of drug-likeness (QED) is 0.747. The highest BCUT2D eigenvalue weighted by Crippen LogP contribution is 2.33. The Labute approximate surface area is 114 Å². The first kappa shape index (κ1) is 14.0. The highest BCUT2D eigenvalue weighted by molar-refractivity contribution is 6.31. The van der Waals surface area contributed by atoms with Gasteiger partial charge in [0.25, 0.3) is 0 Å². The molecule has 19 heavy (non-hydrogen) atoms. The molecule has 0 aliphatic rings. The fraction of sp³-hybridized carbons (Fsp3) is 0.100. The van der Waals surface area contributed by atoms with E-state index < -0.39 is 17.6 Å². The van der Waals surface area contributed by atoms with Crippen LogP contribution in [0.5, 0.6) is 0 Å². The summed E-state index contributed by atoms with van der Waals surface area (Å²) in [6.07, 6.45) is -4.77. The van der Waals surface area contributed by atoms with Gasteiger partial charge in [0.05, 0.1) is 5.56 Å². The molecule has 0 fully saturated rings. The van der Waals surface area contributed by atoms with Crippen LogP contribution in [0.15, 0.2) is 18.2 Å². The van der Waals surface area contributed by atoms with Crippen LogP contribution >= 0.6 is 23.2 Å². The number of nitrogens with zero attached hydrogens (tertiary/aromatic N) is 3. The van der Waals surface area contributed by atoms with Gasteiger partial charge < -0.3 is 0 Å². The van der Waals surface area contributed by atoms with E-state index >= 15 is 0 Å². The van der Waals surface area contributed by atoms with Gasteiger partial charge in [-0.2, -0.15) is 28.1 Å². The highest BCUT2D eigenvalue weighted by Gasteiger charge is 2.34. The first-order chi connectivity index (χ1) is 8.77. The molecule has 2 aromatic rings. The van der Waals surface area contributed by atoms with Crippen molar-refractivity contribution in [1.29, 1.82) is 0 Å². The number of rotatable bonds is 1. The second-order valence-corrected chi connectivity index (χ2v) is 4.07. The molecule has 0 aliphatic carbocycles. The van der Waals surface area contributed by atoms with Gasteiger partial charge in [0.15, 0.2) is 5.82 Å². The lowest BCUT2D eigenvalue weighted by Gasteiger charge is -2.08. The molecule has 1 aromatic carbocycles. The summed E-state index contributed by atoms with van der Waals surface area (Å²) in [5.41, 5.74) is -1.36. The standard InChI is InChI=1S/C10H3Cl2F4N3/c11-8-17-7(18-9(12)19-8)4-1-2-5(6(13)3-4)10(14,15)16/h1-3H. The molecule has 0 bridgehead atoms. The van der Waals surface area contributed by atoms with E-state index in [4.69, 9.17) is 23.2 Å². The summed E-state index contributed by atoms with van der Waals surface area (Å²) in [5.74, 6) is -1.55. The Morgan fingerprint density at radius 1 is 0.947 bits per heavy atom. The third-order valence-electron chi connectivity index (χ3n) is 2.11. The van der Waals surface area contributed by atoms with Gasteiger partial charge in [0.2, 0.25) is 10.6 Å². The molecular weight excluding hydrogens is 309 g/mol. The van der Waals surface area contributed by atoms with E-state index in [9.17, 15) is 17.6 Å². The molecule has 0 amide bonds. The molecule has 0 aliphatic heterocycles. The summed E-state index contributed by atoms with van der Waals surface area (Å²) >= 11 is 11.0. The van der Waals surface area contributed by atoms with Crippen LogP contribution in [0.4, 0.5) is 17.6 Å². The molecular formula is C10H3Cl2F4N3. The summed E-state index contributed by atoms with van der Waals surface area (Å²) in [6, 6.07) is 2.27. The lowest BCUT2D eigenvalue weighted by atomic mass is 10.1. The lowest BCUT2D eigenvalue weighted by molar-refractivity contribution is -0.139. The van der Waals surface area contributed by atoms with Crippen LogP contribution in [0.1, 0.15) is 5.56 Å². The van der Waals surface area contributed by atoms with E-state index in [-0.39, 0.29) is 22.0 Å². The number of hydrogen-bond acceptors (Lipinski definition) is 3. The smallest absolute Gasteiger partial charge is 0.206 e. The van der Waals surface area contributed by atoms with Gasteiger partial charge in [0, 0.05) is 5.56 Å². The molecule has 0 saturated heterocycles. The van der Waals surface area contributed by atoms with E-state index in [1.54, 1.807) is 0 Å². The Bertz CT molecular complexity index is 610. The maximum atomic E-state index is 13.4. The largest absolute Gasteiger partial charge is 0.419 e. The summed E-state index contributed by atoms with van der Waals surface area (Å²) < 4.78 is 50.5. The average Bonchev–Trinajstić information content (AvgIpc) is 2.25. The third kappa shape index (κ3) is 3.10. The zero-order valence-electron chi connectivity index (χ0n) is 8.84. The van der Waals surface area contributed by atoms with Gasteiger partial charge in [-0.3, -0.25) is 0 Å². The zero-order valence-corrected chi connectivity index (χ0v) is 10.4. The molecule has 1 heterocycles. The Hall–Kier alpha value is -1.47. The number of hydrogen-bond donors (Lipinski definition) is 0. The van der Waals surface area contributed by atoms with Crippen molar-refractivity contribution in [2.45, 2.75) is 6.18 Å². The van der Waals surface area contributed by atoms with Crippen molar-refractivity contribution < 1.29 is 17.6 Å². The van der Waals surface area contributed by atoms with Crippen LogP contribution in [-0.2, 0) is 6.18 Å². The highest BCUT2D eigenvalue weighted by atomic mass is 35.5. The monoisotopic (exact) mass is 311 g/mol. The molecule has 0 N–H and O–H groups in total.